The van der Waals surface area contributed by atoms with Crippen molar-refractivity contribution in [2.24, 2.45) is 5.92 Å². The fourth-order valence-electron chi connectivity index (χ4n) is 6.25. The quantitative estimate of drug-likeness (QED) is 0.638. The van der Waals surface area contributed by atoms with Crippen molar-refractivity contribution in [3.8, 4) is 0 Å². The van der Waals surface area contributed by atoms with E-state index in [1.807, 2.05) is 6.07 Å². The van der Waals surface area contributed by atoms with Crippen LogP contribution in [0.15, 0.2) is 18.3 Å². The molecule has 1 amide bonds. The summed E-state index contributed by atoms with van der Waals surface area (Å²) in [6.07, 6.45) is 9.49. The second kappa shape index (κ2) is 7.87. The number of piperidine rings is 1. The number of nitrogens with zero attached hydrogens (tertiary/aromatic N) is 1. The van der Waals surface area contributed by atoms with Gasteiger partial charge in [-0.3, -0.25) is 4.79 Å². The normalized spacial score (nSPS) is 29.9. The minimum Gasteiger partial charge on any atom is -0.393 e. The lowest BCUT2D eigenvalue weighted by molar-refractivity contribution is -0.143. The first-order valence-corrected chi connectivity index (χ1v) is 12.1. The predicted molar refractivity (Wildman–Crippen MR) is 121 cm³/mol. The van der Waals surface area contributed by atoms with E-state index in [4.69, 9.17) is 11.6 Å². The zero-order chi connectivity index (χ0) is 21.0. The van der Waals surface area contributed by atoms with Crippen molar-refractivity contribution in [3.05, 3.63) is 34.5 Å². The van der Waals surface area contributed by atoms with Crippen LogP contribution in [0, 0.1) is 5.92 Å². The number of aromatic amines is 1. The number of carbonyl (C=O) groups is 1. The summed E-state index contributed by atoms with van der Waals surface area (Å²) in [5.41, 5.74) is 3.61. The van der Waals surface area contributed by atoms with Crippen molar-refractivity contribution in [2.75, 3.05) is 0 Å². The van der Waals surface area contributed by atoms with Gasteiger partial charge in [-0.1, -0.05) is 25.4 Å². The highest BCUT2D eigenvalue weighted by atomic mass is 35.5. The Balaban J connectivity index is 1.40. The number of hydrogen-bond acceptors (Lipinski definition) is 2. The molecule has 5 unspecified atom stereocenters. The number of rotatable bonds is 5. The Morgan fingerprint density at radius 3 is 2.80 bits per heavy atom. The van der Waals surface area contributed by atoms with Gasteiger partial charge in [-0.2, -0.15) is 0 Å². The number of amides is 1. The standard InChI is InChI=1S/C25H33ClN2O2/c1-3-17-9-15-10-18(12-19(29)11-15)28(17)23(30)8-14(2)20-13-27-22-7-6-21(26)24(25(20)22)16-4-5-16/h6-7,13-19,27,29H,3-5,8-12H2,1-2H3. The van der Waals surface area contributed by atoms with Gasteiger partial charge in [-0.05, 0) is 86.0 Å². The van der Waals surface area contributed by atoms with Crippen molar-refractivity contribution < 1.29 is 9.90 Å². The Bertz CT molecular complexity index is 948. The molecule has 162 valence electrons. The molecule has 1 saturated heterocycles. The smallest absolute Gasteiger partial charge is 0.223 e. The van der Waals surface area contributed by atoms with Crippen molar-refractivity contribution in [1.29, 1.82) is 0 Å². The van der Waals surface area contributed by atoms with Gasteiger partial charge >= 0.3 is 0 Å². The highest BCUT2D eigenvalue weighted by Crippen LogP contribution is 2.48. The van der Waals surface area contributed by atoms with Crippen molar-refractivity contribution >= 4 is 28.4 Å². The van der Waals surface area contributed by atoms with Crippen molar-refractivity contribution in [2.45, 2.75) is 95.2 Å². The van der Waals surface area contributed by atoms with E-state index in [1.54, 1.807) is 0 Å². The molecular formula is C25H33ClN2O2. The fourth-order valence-corrected chi connectivity index (χ4v) is 6.56. The summed E-state index contributed by atoms with van der Waals surface area (Å²) in [6, 6.07) is 4.58. The largest absolute Gasteiger partial charge is 0.393 e. The van der Waals surface area contributed by atoms with Crippen LogP contribution < -0.4 is 0 Å². The van der Waals surface area contributed by atoms with Gasteiger partial charge in [0, 0.05) is 40.6 Å². The highest BCUT2D eigenvalue weighted by Gasteiger charge is 2.42. The zero-order valence-electron chi connectivity index (χ0n) is 18.0. The van der Waals surface area contributed by atoms with Crippen LogP contribution in [0.2, 0.25) is 5.02 Å². The highest BCUT2D eigenvalue weighted by molar-refractivity contribution is 6.32. The third-order valence-corrected chi connectivity index (χ3v) is 8.10. The van der Waals surface area contributed by atoms with E-state index in [1.165, 1.54) is 29.4 Å². The molecule has 3 fully saturated rings. The second-order valence-electron chi connectivity index (χ2n) is 9.99. The molecule has 2 saturated carbocycles. The average Bonchev–Trinajstić information content (AvgIpc) is 3.44. The van der Waals surface area contributed by atoms with E-state index in [0.717, 1.165) is 42.6 Å². The first-order chi connectivity index (χ1) is 14.5. The van der Waals surface area contributed by atoms with E-state index in [0.29, 0.717) is 24.3 Å². The van der Waals surface area contributed by atoms with E-state index in [-0.39, 0.29) is 24.0 Å². The number of halogens is 1. The van der Waals surface area contributed by atoms with Crippen molar-refractivity contribution in [3.63, 3.8) is 0 Å². The lowest BCUT2D eigenvalue weighted by Crippen LogP contribution is -2.55. The number of nitrogens with one attached hydrogen (secondary N) is 1. The molecule has 2 N–H and O–H groups in total. The SMILES string of the molecule is CCC1CC2CC(O)CC(C2)N1C(=O)CC(C)c1c[nH]c2ccc(Cl)c(C3CC3)c12. The summed E-state index contributed by atoms with van der Waals surface area (Å²) < 4.78 is 0. The molecule has 1 aromatic carbocycles. The maximum atomic E-state index is 13.5. The number of fused-ring (bicyclic) bond motifs is 3. The van der Waals surface area contributed by atoms with E-state index in [9.17, 15) is 9.90 Å². The Kier molecular flexibility index (Phi) is 5.35. The van der Waals surface area contributed by atoms with Crippen LogP contribution in [0.3, 0.4) is 0 Å². The van der Waals surface area contributed by atoms with Gasteiger partial charge in [0.2, 0.25) is 5.91 Å². The molecule has 0 radical (unpaired) electrons. The zero-order valence-corrected chi connectivity index (χ0v) is 18.8. The Hall–Kier alpha value is -1.52. The monoisotopic (exact) mass is 428 g/mol. The summed E-state index contributed by atoms with van der Waals surface area (Å²) in [5.74, 6) is 1.51. The minimum absolute atomic E-state index is 0.131. The summed E-state index contributed by atoms with van der Waals surface area (Å²) in [6.45, 7) is 4.36. The van der Waals surface area contributed by atoms with Gasteiger partial charge in [0.15, 0.2) is 0 Å². The number of H-pyrrole nitrogens is 1. The number of benzene rings is 1. The first-order valence-electron chi connectivity index (χ1n) is 11.7. The van der Waals surface area contributed by atoms with Crippen LogP contribution in [0.4, 0.5) is 0 Å². The molecule has 2 aliphatic carbocycles. The molecule has 2 heterocycles. The third-order valence-electron chi connectivity index (χ3n) is 7.77. The number of hydrogen-bond donors (Lipinski definition) is 2. The molecular weight excluding hydrogens is 396 g/mol. The number of aliphatic hydroxyl groups is 1. The van der Waals surface area contributed by atoms with Crippen LogP contribution in [0.25, 0.3) is 10.9 Å². The summed E-state index contributed by atoms with van der Waals surface area (Å²) in [7, 11) is 0. The Morgan fingerprint density at radius 2 is 2.07 bits per heavy atom. The van der Waals surface area contributed by atoms with Gasteiger partial charge in [-0.25, -0.2) is 0 Å². The summed E-state index contributed by atoms with van der Waals surface area (Å²) in [4.78, 5) is 19.1. The van der Waals surface area contributed by atoms with Crippen LogP contribution in [0.5, 0.6) is 0 Å². The maximum Gasteiger partial charge on any atom is 0.223 e. The van der Waals surface area contributed by atoms with Gasteiger partial charge in [0.25, 0.3) is 0 Å². The minimum atomic E-state index is -0.254. The van der Waals surface area contributed by atoms with E-state index in [2.05, 4.69) is 36.0 Å². The topological polar surface area (TPSA) is 56.3 Å². The summed E-state index contributed by atoms with van der Waals surface area (Å²) in [5, 5.41) is 12.4. The first kappa shape index (κ1) is 20.4. The number of aliphatic hydroxyl groups excluding tert-OH is 1. The number of aromatic nitrogens is 1. The van der Waals surface area contributed by atoms with Gasteiger partial charge < -0.3 is 15.0 Å². The number of likely N-dealkylation sites (tertiary alicyclic amines) is 1. The van der Waals surface area contributed by atoms with E-state index >= 15 is 0 Å². The molecule has 30 heavy (non-hydrogen) atoms. The molecule has 4 nitrogen and oxygen atoms in total. The lowest BCUT2D eigenvalue weighted by atomic mass is 9.74. The fraction of sp³-hybridized carbons (Fsp3) is 0.640. The average molecular weight is 429 g/mol. The molecule has 5 atom stereocenters. The Labute approximate surface area is 184 Å². The van der Waals surface area contributed by atoms with Crippen molar-refractivity contribution in [1.82, 2.24) is 9.88 Å². The Morgan fingerprint density at radius 1 is 1.27 bits per heavy atom. The van der Waals surface area contributed by atoms with Crippen LogP contribution in [0.1, 0.15) is 88.2 Å². The van der Waals surface area contributed by atoms with Gasteiger partial charge in [0.05, 0.1) is 6.10 Å². The van der Waals surface area contributed by atoms with Gasteiger partial charge in [-0.15, -0.1) is 0 Å². The molecule has 3 aliphatic rings. The molecule has 5 heteroatoms. The third kappa shape index (κ3) is 3.56. The lowest BCUT2D eigenvalue weighted by Gasteiger charge is -2.49. The number of carbonyl (C=O) groups excluding carboxylic acids is 1. The summed E-state index contributed by atoms with van der Waals surface area (Å²) >= 11 is 6.60. The van der Waals surface area contributed by atoms with Gasteiger partial charge in [0.1, 0.15) is 0 Å². The molecule has 2 bridgehead atoms. The predicted octanol–water partition coefficient (Wildman–Crippen LogP) is 5.73. The molecule has 5 rings (SSSR count). The van der Waals surface area contributed by atoms with Crippen LogP contribution in [-0.2, 0) is 4.79 Å². The maximum absolute atomic E-state index is 13.5. The molecule has 0 spiro atoms. The van der Waals surface area contributed by atoms with E-state index < -0.39 is 0 Å². The second-order valence-corrected chi connectivity index (χ2v) is 10.4. The van der Waals surface area contributed by atoms with Crippen LogP contribution in [-0.4, -0.2) is 39.1 Å². The molecule has 2 aromatic rings. The van der Waals surface area contributed by atoms with Crippen LogP contribution >= 0.6 is 11.6 Å². The molecule has 1 aliphatic heterocycles. The molecule has 1 aromatic heterocycles.